The molecule has 6 heteroatoms. The molecule has 0 atom stereocenters. The highest BCUT2D eigenvalue weighted by Gasteiger charge is 2.23. The van der Waals surface area contributed by atoms with Gasteiger partial charge in [0.25, 0.3) is 5.56 Å². The van der Waals surface area contributed by atoms with E-state index < -0.39 is 22.8 Å². The fourth-order valence-corrected chi connectivity index (χ4v) is 3.26. The quantitative estimate of drug-likeness (QED) is 0.776. The average Bonchev–Trinajstić information content (AvgIpc) is 2.33. The number of aromatic hydroxyl groups is 1. The number of hydrogen-bond donors (Lipinski definition) is 2. The van der Waals surface area contributed by atoms with Crippen molar-refractivity contribution in [2.75, 3.05) is 0 Å². The van der Waals surface area contributed by atoms with Crippen molar-refractivity contribution in [1.29, 1.82) is 0 Å². The number of benzene rings is 1. The van der Waals surface area contributed by atoms with E-state index >= 15 is 0 Å². The van der Waals surface area contributed by atoms with Crippen LogP contribution in [-0.4, -0.2) is 20.7 Å². The summed E-state index contributed by atoms with van der Waals surface area (Å²) in [5.41, 5.74) is 0.202. The minimum Gasteiger partial charge on any atom is -0.506 e. The number of pyridine rings is 1. The molecule has 0 unspecified atom stereocenters. The molecular weight excluding hydrogens is 385 g/mol. The molecule has 1 heterocycles. The summed E-state index contributed by atoms with van der Waals surface area (Å²) in [5.74, 6) is -1.69. The molecule has 112 valence electrons. The molecule has 0 spiro atoms. The van der Waals surface area contributed by atoms with Gasteiger partial charge in [-0.3, -0.25) is 4.79 Å². The molecule has 0 saturated carbocycles. The van der Waals surface area contributed by atoms with Crippen LogP contribution in [0.2, 0.25) is 0 Å². The molecular formula is C15H16INO4. The molecule has 2 rings (SSSR count). The van der Waals surface area contributed by atoms with Crippen LogP contribution >= 0.6 is 22.6 Å². The Morgan fingerprint density at radius 1 is 1.38 bits per heavy atom. The fraction of sp³-hybridized carbons (Fsp3) is 0.333. The molecule has 0 bridgehead atoms. The van der Waals surface area contributed by atoms with Crippen LogP contribution in [0.4, 0.5) is 0 Å². The van der Waals surface area contributed by atoms with E-state index in [4.69, 9.17) is 0 Å². The van der Waals surface area contributed by atoms with Gasteiger partial charge in [-0.2, -0.15) is 0 Å². The van der Waals surface area contributed by atoms with E-state index in [1.54, 1.807) is 6.07 Å². The Bertz CT molecular complexity index is 793. The van der Waals surface area contributed by atoms with Crippen molar-refractivity contribution in [2.45, 2.75) is 27.3 Å². The molecule has 0 amide bonds. The molecule has 0 aliphatic heterocycles. The van der Waals surface area contributed by atoms with E-state index in [1.807, 2.05) is 26.8 Å². The fourth-order valence-electron chi connectivity index (χ4n) is 2.48. The van der Waals surface area contributed by atoms with Crippen molar-refractivity contribution in [3.05, 3.63) is 37.2 Å². The van der Waals surface area contributed by atoms with Gasteiger partial charge in [-0.15, -0.1) is 0 Å². The summed E-state index contributed by atoms with van der Waals surface area (Å²) in [6, 6.07) is 3.60. The topological polar surface area (TPSA) is 79.5 Å². The van der Waals surface area contributed by atoms with Crippen LogP contribution in [0.5, 0.6) is 5.75 Å². The zero-order valence-corrected chi connectivity index (χ0v) is 14.1. The summed E-state index contributed by atoms with van der Waals surface area (Å²) in [6.07, 6.45) is 0. The first-order valence-corrected chi connectivity index (χ1v) is 7.60. The number of carbonyl (C=O) groups is 1. The van der Waals surface area contributed by atoms with Gasteiger partial charge in [-0.05, 0) is 53.1 Å². The smallest absolute Gasteiger partial charge is 0.345 e. The SMILES string of the molecule is Cc1cc(I)cc2c(O)c(C(=O)O)c(=O)n(CC(C)C)c12. The van der Waals surface area contributed by atoms with Crippen molar-refractivity contribution in [3.63, 3.8) is 0 Å². The van der Waals surface area contributed by atoms with Gasteiger partial charge in [0, 0.05) is 15.5 Å². The predicted octanol–water partition coefficient (Wildman–Crippen LogP) is 2.97. The molecule has 2 aromatic rings. The van der Waals surface area contributed by atoms with Crippen LogP contribution in [0, 0.1) is 16.4 Å². The summed E-state index contributed by atoms with van der Waals surface area (Å²) >= 11 is 2.10. The number of carboxylic acids is 1. The molecule has 0 aliphatic rings. The van der Waals surface area contributed by atoms with E-state index in [2.05, 4.69) is 22.6 Å². The maximum absolute atomic E-state index is 12.4. The zero-order valence-electron chi connectivity index (χ0n) is 12.0. The molecule has 0 fully saturated rings. The molecule has 1 aromatic carbocycles. The number of rotatable bonds is 3. The monoisotopic (exact) mass is 401 g/mol. The summed E-state index contributed by atoms with van der Waals surface area (Å²) in [4.78, 5) is 23.8. The molecule has 21 heavy (non-hydrogen) atoms. The van der Waals surface area contributed by atoms with Crippen LogP contribution in [-0.2, 0) is 6.54 Å². The van der Waals surface area contributed by atoms with Gasteiger partial charge in [0.2, 0.25) is 0 Å². The number of hydrogen-bond acceptors (Lipinski definition) is 3. The van der Waals surface area contributed by atoms with Crippen LogP contribution in [0.3, 0.4) is 0 Å². The van der Waals surface area contributed by atoms with Gasteiger partial charge in [-0.25, -0.2) is 4.79 Å². The van der Waals surface area contributed by atoms with Crippen molar-refractivity contribution in [2.24, 2.45) is 5.92 Å². The highest BCUT2D eigenvalue weighted by molar-refractivity contribution is 14.1. The highest BCUT2D eigenvalue weighted by atomic mass is 127. The largest absolute Gasteiger partial charge is 0.506 e. The summed E-state index contributed by atoms with van der Waals surface area (Å²) in [7, 11) is 0. The third-order valence-corrected chi connectivity index (χ3v) is 3.87. The standard InChI is InChI=1S/C15H16INO4/c1-7(2)6-17-12-8(3)4-9(16)5-10(12)13(18)11(14(17)19)15(20)21/h4-5,7,18H,6H2,1-3H3,(H,20,21). The van der Waals surface area contributed by atoms with Crippen molar-refractivity contribution in [3.8, 4) is 5.75 Å². The second kappa shape index (κ2) is 5.67. The maximum Gasteiger partial charge on any atom is 0.345 e. The van der Waals surface area contributed by atoms with E-state index in [1.165, 1.54) is 4.57 Å². The predicted molar refractivity (Wildman–Crippen MR) is 89.1 cm³/mol. The van der Waals surface area contributed by atoms with Crippen LogP contribution in [0.15, 0.2) is 16.9 Å². The Morgan fingerprint density at radius 2 is 2.00 bits per heavy atom. The van der Waals surface area contributed by atoms with E-state index in [9.17, 15) is 19.8 Å². The summed E-state index contributed by atoms with van der Waals surface area (Å²) in [5, 5.41) is 19.8. The summed E-state index contributed by atoms with van der Waals surface area (Å²) in [6.45, 7) is 6.15. The number of nitrogens with zero attached hydrogens (tertiary/aromatic N) is 1. The lowest BCUT2D eigenvalue weighted by Crippen LogP contribution is -2.29. The van der Waals surface area contributed by atoms with Gasteiger partial charge < -0.3 is 14.8 Å². The molecule has 2 N–H and O–H groups in total. The lowest BCUT2D eigenvalue weighted by molar-refractivity contribution is 0.0691. The third kappa shape index (κ3) is 2.76. The highest BCUT2D eigenvalue weighted by Crippen LogP contribution is 2.30. The van der Waals surface area contributed by atoms with Crippen LogP contribution in [0.25, 0.3) is 10.9 Å². The maximum atomic E-state index is 12.4. The van der Waals surface area contributed by atoms with Crippen molar-refractivity contribution < 1.29 is 15.0 Å². The van der Waals surface area contributed by atoms with Crippen molar-refractivity contribution in [1.82, 2.24) is 4.57 Å². The van der Waals surface area contributed by atoms with Gasteiger partial charge in [-0.1, -0.05) is 13.8 Å². The van der Waals surface area contributed by atoms with E-state index in [-0.39, 0.29) is 5.92 Å². The Balaban J connectivity index is 3.04. The minimum absolute atomic E-state index is 0.177. The molecule has 0 radical (unpaired) electrons. The van der Waals surface area contributed by atoms with Gasteiger partial charge in [0.15, 0.2) is 5.56 Å². The van der Waals surface area contributed by atoms with Crippen molar-refractivity contribution >= 4 is 39.5 Å². The van der Waals surface area contributed by atoms with Crippen LogP contribution < -0.4 is 5.56 Å². The third-order valence-electron chi connectivity index (χ3n) is 3.25. The van der Waals surface area contributed by atoms with Gasteiger partial charge in [0.05, 0.1) is 5.52 Å². The first-order valence-electron chi connectivity index (χ1n) is 6.53. The number of carboxylic acid groups (broad SMARTS) is 1. The number of fused-ring (bicyclic) bond motifs is 1. The Hall–Kier alpha value is -1.57. The lowest BCUT2D eigenvalue weighted by Gasteiger charge is -2.17. The van der Waals surface area contributed by atoms with Gasteiger partial charge in [0.1, 0.15) is 5.75 Å². The minimum atomic E-state index is -1.41. The Kier molecular flexibility index (Phi) is 4.27. The second-order valence-electron chi connectivity index (χ2n) is 5.46. The molecule has 0 saturated heterocycles. The second-order valence-corrected chi connectivity index (χ2v) is 6.70. The molecule has 5 nitrogen and oxygen atoms in total. The average molecular weight is 401 g/mol. The number of aromatic carboxylic acids is 1. The Labute approximate surface area is 135 Å². The summed E-state index contributed by atoms with van der Waals surface area (Å²) < 4.78 is 2.33. The van der Waals surface area contributed by atoms with Crippen LogP contribution in [0.1, 0.15) is 29.8 Å². The molecule has 0 aliphatic carbocycles. The lowest BCUT2D eigenvalue weighted by atomic mass is 10.1. The number of aryl methyl sites for hydroxylation is 1. The van der Waals surface area contributed by atoms with E-state index in [0.29, 0.717) is 17.4 Å². The normalized spacial score (nSPS) is 11.3. The molecule has 1 aromatic heterocycles. The first-order chi connectivity index (χ1) is 9.73. The first kappa shape index (κ1) is 15.8. The number of halogens is 1. The number of aromatic nitrogens is 1. The van der Waals surface area contributed by atoms with Gasteiger partial charge >= 0.3 is 5.97 Å². The van der Waals surface area contributed by atoms with E-state index in [0.717, 1.165) is 9.13 Å². The zero-order chi connectivity index (χ0) is 15.9. The Morgan fingerprint density at radius 3 is 2.52 bits per heavy atom.